The predicted molar refractivity (Wildman–Crippen MR) is 106 cm³/mol. The van der Waals surface area contributed by atoms with Crippen LogP contribution in [0.2, 0.25) is 0 Å². The van der Waals surface area contributed by atoms with Crippen LogP contribution in [-0.4, -0.2) is 11.2 Å². The van der Waals surface area contributed by atoms with Gasteiger partial charge in [-0.2, -0.15) is 13.2 Å². The topological polar surface area (TPSA) is 12.9 Å². The molecule has 0 aliphatic heterocycles. The van der Waals surface area contributed by atoms with Gasteiger partial charge >= 0.3 is 6.18 Å². The Bertz CT molecular complexity index is 1110. The molecule has 0 radical (unpaired) electrons. The molecular weight excluding hydrogens is 367 g/mol. The minimum atomic E-state index is -4.25. The predicted octanol–water partition coefficient (Wildman–Crippen LogP) is 7.25. The molecule has 0 aliphatic rings. The largest absolute Gasteiger partial charge is 0.394 e. The number of hydrogen-bond acceptors (Lipinski definition) is 2. The molecule has 0 saturated carbocycles. The standard InChI is InChI=1S/C22H18F3NS/c1-21(2,22(23,24)25)13-15-9-6-10-16-17-11-12-26-18(20(17)27-19(15)16)14-7-4-3-5-8-14/h3-12H,13H2,1-2H3. The Kier molecular flexibility index (Phi) is 4.22. The van der Waals surface area contributed by atoms with Crippen LogP contribution in [0.1, 0.15) is 19.4 Å². The highest BCUT2D eigenvalue weighted by Gasteiger charge is 2.47. The zero-order valence-corrected chi connectivity index (χ0v) is 15.8. The molecule has 2 aromatic heterocycles. The van der Waals surface area contributed by atoms with Crippen LogP contribution in [0.5, 0.6) is 0 Å². The van der Waals surface area contributed by atoms with Gasteiger partial charge in [-0.25, -0.2) is 0 Å². The first-order valence-electron chi connectivity index (χ1n) is 8.69. The number of benzene rings is 2. The number of thiophene rings is 1. The maximum absolute atomic E-state index is 13.4. The molecule has 0 saturated heterocycles. The summed E-state index contributed by atoms with van der Waals surface area (Å²) in [5, 5.41) is 2.03. The van der Waals surface area contributed by atoms with Crippen molar-refractivity contribution in [3.63, 3.8) is 0 Å². The summed E-state index contributed by atoms with van der Waals surface area (Å²) < 4.78 is 42.1. The van der Waals surface area contributed by atoms with Crippen molar-refractivity contribution in [2.75, 3.05) is 0 Å². The fourth-order valence-corrected chi connectivity index (χ4v) is 4.62. The van der Waals surface area contributed by atoms with Gasteiger partial charge in [0, 0.05) is 27.2 Å². The van der Waals surface area contributed by atoms with E-state index in [1.807, 2.05) is 48.5 Å². The maximum Gasteiger partial charge on any atom is 0.394 e. The minimum absolute atomic E-state index is 0.0469. The number of halogens is 3. The molecule has 138 valence electrons. The lowest BCUT2D eigenvalue weighted by molar-refractivity contribution is -0.210. The van der Waals surface area contributed by atoms with Crippen LogP contribution in [-0.2, 0) is 6.42 Å². The Morgan fingerprint density at radius 3 is 2.26 bits per heavy atom. The number of alkyl halides is 3. The van der Waals surface area contributed by atoms with Crippen molar-refractivity contribution in [1.82, 2.24) is 4.98 Å². The van der Waals surface area contributed by atoms with Gasteiger partial charge in [0.15, 0.2) is 0 Å². The molecule has 0 atom stereocenters. The second kappa shape index (κ2) is 6.34. The molecule has 2 heterocycles. The lowest BCUT2D eigenvalue weighted by Gasteiger charge is -2.27. The van der Waals surface area contributed by atoms with E-state index in [0.717, 1.165) is 37.0 Å². The molecule has 0 aliphatic carbocycles. The average Bonchev–Trinajstić information content (AvgIpc) is 3.01. The van der Waals surface area contributed by atoms with Crippen molar-refractivity contribution in [1.29, 1.82) is 0 Å². The van der Waals surface area contributed by atoms with E-state index in [1.54, 1.807) is 12.3 Å². The molecule has 0 N–H and O–H groups in total. The minimum Gasteiger partial charge on any atom is -0.255 e. The molecule has 2 aromatic carbocycles. The van der Waals surface area contributed by atoms with Crippen LogP contribution in [0.4, 0.5) is 13.2 Å². The molecule has 0 fully saturated rings. The zero-order valence-electron chi connectivity index (χ0n) is 15.0. The number of rotatable bonds is 3. The SMILES string of the molecule is CC(C)(Cc1cccc2c1sc1c(-c3ccccc3)nccc12)C(F)(F)F. The van der Waals surface area contributed by atoms with Crippen LogP contribution in [0.15, 0.2) is 60.8 Å². The highest BCUT2D eigenvalue weighted by Crippen LogP contribution is 2.44. The second-order valence-electron chi connectivity index (χ2n) is 7.36. The zero-order chi connectivity index (χ0) is 19.2. The number of aromatic nitrogens is 1. The third-order valence-corrected chi connectivity index (χ3v) is 6.25. The van der Waals surface area contributed by atoms with Crippen molar-refractivity contribution in [2.24, 2.45) is 5.41 Å². The first kappa shape index (κ1) is 18.0. The van der Waals surface area contributed by atoms with E-state index in [2.05, 4.69) is 4.98 Å². The van der Waals surface area contributed by atoms with E-state index in [-0.39, 0.29) is 6.42 Å². The number of pyridine rings is 1. The van der Waals surface area contributed by atoms with Crippen LogP contribution < -0.4 is 0 Å². The van der Waals surface area contributed by atoms with Gasteiger partial charge in [0.25, 0.3) is 0 Å². The molecule has 1 nitrogen and oxygen atoms in total. The highest BCUT2D eigenvalue weighted by atomic mass is 32.1. The molecule has 0 amide bonds. The van der Waals surface area contributed by atoms with Crippen molar-refractivity contribution in [2.45, 2.75) is 26.4 Å². The summed E-state index contributed by atoms with van der Waals surface area (Å²) in [5.41, 5.74) is 0.829. The third kappa shape index (κ3) is 3.10. The van der Waals surface area contributed by atoms with Crippen LogP contribution in [0.25, 0.3) is 31.4 Å². The van der Waals surface area contributed by atoms with Gasteiger partial charge in [-0.3, -0.25) is 4.98 Å². The Hall–Kier alpha value is -2.40. The Morgan fingerprint density at radius 2 is 1.56 bits per heavy atom. The number of hydrogen-bond donors (Lipinski definition) is 0. The molecule has 0 unspecified atom stereocenters. The summed E-state index contributed by atoms with van der Waals surface area (Å²) in [6, 6.07) is 17.4. The normalized spacial score (nSPS) is 12.8. The molecular formula is C22H18F3NS. The first-order chi connectivity index (χ1) is 12.8. The summed E-state index contributed by atoms with van der Waals surface area (Å²) in [6.07, 6.45) is -2.53. The van der Waals surface area contributed by atoms with E-state index >= 15 is 0 Å². The highest BCUT2D eigenvalue weighted by molar-refractivity contribution is 7.26. The van der Waals surface area contributed by atoms with E-state index in [1.165, 1.54) is 25.2 Å². The van der Waals surface area contributed by atoms with E-state index in [4.69, 9.17) is 0 Å². The Balaban J connectivity index is 1.92. The molecule has 4 rings (SSSR count). The van der Waals surface area contributed by atoms with Gasteiger partial charge in [0.2, 0.25) is 0 Å². The summed E-state index contributed by atoms with van der Waals surface area (Å²) in [7, 11) is 0. The molecule has 4 aromatic rings. The molecule has 27 heavy (non-hydrogen) atoms. The van der Waals surface area contributed by atoms with Gasteiger partial charge < -0.3 is 0 Å². The smallest absolute Gasteiger partial charge is 0.255 e. The van der Waals surface area contributed by atoms with Gasteiger partial charge in [-0.05, 0) is 18.1 Å². The molecule has 0 spiro atoms. The average molecular weight is 385 g/mol. The molecule has 5 heteroatoms. The monoisotopic (exact) mass is 385 g/mol. The summed E-state index contributed by atoms with van der Waals surface area (Å²) in [6.45, 7) is 2.52. The van der Waals surface area contributed by atoms with Crippen molar-refractivity contribution >= 4 is 31.5 Å². The first-order valence-corrected chi connectivity index (χ1v) is 9.51. The number of nitrogens with zero attached hydrogens (tertiary/aromatic N) is 1. The van der Waals surface area contributed by atoms with E-state index < -0.39 is 11.6 Å². The van der Waals surface area contributed by atoms with E-state index in [9.17, 15) is 13.2 Å². The second-order valence-corrected chi connectivity index (χ2v) is 8.38. The fraction of sp³-hybridized carbons (Fsp3) is 0.227. The van der Waals surface area contributed by atoms with Crippen LogP contribution >= 0.6 is 11.3 Å². The van der Waals surface area contributed by atoms with Gasteiger partial charge in [0.1, 0.15) is 0 Å². The van der Waals surface area contributed by atoms with Crippen molar-refractivity contribution < 1.29 is 13.2 Å². The summed E-state index contributed by atoms with van der Waals surface area (Å²) in [4.78, 5) is 4.55. The lowest BCUT2D eigenvalue weighted by Crippen LogP contribution is -2.34. The summed E-state index contributed by atoms with van der Waals surface area (Å²) >= 11 is 1.53. The maximum atomic E-state index is 13.4. The lowest BCUT2D eigenvalue weighted by atomic mass is 9.85. The Labute approximate surface area is 159 Å². The fourth-order valence-electron chi connectivity index (χ4n) is 3.30. The van der Waals surface area contributed by atoms with Gasteiger partial charge in [-0.1, -0.05) is 62.4 Å². The quantitative estimate of drug-likeness (QED) is 0.362. The van der Waals surface area contributed by atoms with Crippen molar-refractivity contribution in [3.8, 4) is 11.3 Å². The summed E-state index contributed by atoms with van der Waals surface area (Å²) in [5.74, 6) is 0. The number of fused-ring (bicyclic) bond motifs is 3. The Morgan fingerprint density at radius 1 is 0.852 bits per heavy atom. The van der Waals surface area contributed by atoms with Gasteiger partial charge in [-0.15, -0.1) is 11.3 Å². The molecule has 0 bridgehead atoms. The van der Waals surface area contributed by atoms with E-state index in [0.29, 0.717) is 0 Å². The van der Waals surface area contributed by atoms with Crippen molar-refractivity contribution in [3.05, 3.63) is 66.4 Å². The van der Waals surface area contributed by atoms with Crippen LogP contribution in [0, 0.1) is 5.41 Å². The van der Waals surface area contributed by atoms with Gasteiger partial charge in [0.05, 0.1) is 15.8 Å². The third-order valence-electron chi connectivity index (χ3n) is 4.94. The van der Waals surface area contributed by atoms with Crippen LogP contribution in [0.3, 0.4) is 0 Å².